The van der Waals surface area contributed by atoms with E-state index in [4.69, 9.17) is 21.1 Å². The summed E-state index contributed by atoms with van der Waals surface area (Å²) < 4.78 is 11.2. The van der Waals surface area contributed by atoms with Crippen molar-refractivity contribution in [1.29, 1.82) is 0 Å². The minimum Gasteiger partial charge on any atom is -0.492 e. The van der Waals surface area contributed by atoms with E-state index in [1.165, 1.54) is 4.90 Å². The molecule has 1 fully saturated rings. The number of amides is 2. The van der Waals surface area contributed by atoms with E-state index in [9.17, 15) is 9.59 Å². The highest BCUT2D eigenvalue weighted by atomic mass is 35.5. The molecule has 146 valence electrons. The van der Waals surface area contributed by atoms with Crippen LogP contribution >= 0.6 is 23.4 Å². The molecule has 1 heterocycles. The van der Waals surface area contributed by atoms with E-state index in [1.807, 2.05) is 38.1 Å². The molecule has 0 unspecified atom stereocenters. The van der Waals surface area contributed by atoms with Crippen LogP contribution in [0.5, 0.6) is 11.5 Å². The van der Waals surface area contributed by atoms with Crippen LogP contribution in [0, 0.1) is 0 Å². The van der Waals surface area contributed by atoms with Gasteiger partial charge in [0.25, 0.3) is 11.1 Å². The van der Waals surface area contributed by atoms with Gasteiger partial charge in [-0.1, -0.05) is 23.7 Å². The maximum atomic E-state index is 12.5. The summed E-state index contributed by atoms with van der Waals surface area (Å²) in [5.74, 6) is 1.09. The molecule has 2 aromatic rings. The van der Waals surface area contributed by atoms with E-state index in [2.05, 4.69) is 0 Å². The number of halogens is 1. The molecule has 0 spiro atoms. The molecule has 2 aromatic carbocycles. The SMILES string of the molecule is CC(C)Oc1ccc(/C=C2\SC(=O)N(CCOc3ccc(Cl)cc3)C2=O)cc1. The van der Waals surface area contributed by atoms with Crippen molar-refractivity contribution in [2.75, 3.05) is 13.2 Å². The van der Waals surface area contributed by atoms with E-state index in [-0.39, 0.29) is 30.4 Å². The molecule has 2 amide bonds. The molecule has 7 heteroatoms. The van der Waals surface area contributed by atoms with Crippen LogP contribution in [0.3, 0.4) is 0 Å². The summed E-state index contributed by atoms with van der Waals surface area (Å²) in [6.07, 6.45) is 1.81. The van der Waals surface area contributed by atoms with Crippen molar-refractivity contribution < 1.29 is 19.1 Å². The van der Waals surface area contributed by atoms with E-state index >= 15 is 0 Å². The fourth-order valence-corrected chi connectivity index (χ4v) is 3.54. The second-order valence-electron chi connectivity index (χ2n) is 6.37. The van der Waals surface area contributed by atoms with E-state index in [0.29, 0.717) is 15.7 Å². The largest absolute Gasteiger partial charge is 0.492 e. The minimum atomic E-state index is -0.308. The molecule has 5 nitrogen and oxygen atoms in total. The van der Waals surface area contributed by atoms with Crippen LogP contribution in [-0.4, -0.2) is 35.3 Å². The van der Waals surface area contributed by atoms with Gasteiger partial charge in [0.2, 0.25) is 0 Å². The number of imide groups is 1. The third-order valence-electron chi connectivity index (χ3n) is 3.82. The van der Waals surface area contributed by atoms with Gasteiger partial charge in [0.1, 0.15) is 18.1 Å². The fourth-order valence-electron chi connectivity index (χ4n) is 2.54. The molecule has 1 saturated heterocycles. The van der Waals surface area contributed by atoms with Gasteiger partial charge in [0.15, 0.2) is 0 Å². The number of carbonyl (C=O) groups excluding carboxylic acids is 2. The number of rotatable bonds is 7. The first-order chi connectivity index (χ1) is 13.4. The Hall–Kier alpha value is -2.44. The Kier molecular flexibility index (Phi) is 6.65. The quantitative estimate of drug-likeness (QED) is 0.576. The Morgan fingerprint density at radius 3 is 2.32 bits per heavy atom. The normalized spacial score (nSPS) is 15.6. The zero-order valence-electron chi connectivity index (χ0n) is 15.6. The van der Waals surface area contributed by atoms with Gasteiger partial charge < -0.3 is 9.47 Å². The monoisotopic (exact) mass is 417 g/mol. The van der Waals surface area contributed by atoms with Crippen molar-refractivity contribution in [1.82, 2.24) is 4.90 Å². The standard InChI is InChI=1S/C21H20ClNO4S/c1-14(2)27-18-7-3-15(4-8-18)13-19-20(24)23(21(25)28-19)11-12-26-17-9-5-16(22)6-10-17/h3-10,13-14H,11-12H2,1-2H3/b19-13-. The second-order valence-corrected chi connectivity index (χ2v) is 7.80. The van der Waals surface area contributed by atoms with Gasteiger partial charge in [-0.15, -0.1) is 0 Å². The van der Waals surface area contributed by atoms with Crippen molar-refractivity contribution >= 4 is 40.6 Å². The van der Waals surface area contributed by atoms with Crippen molar-refractivity contribution in [2.24, 2.45) is 0 Å². The summed E-state index contributed by atoms with van der Waals surface area (Å²) in [6, 6.07) is 14.3. The van der Waals surface area contributed by atoms with E-state index in [1.54, 1.807) is 30.3 Å². The number of carbonyl (C=O) groups is 2. The van der Waals surface area contributed by atoms with Gasteiger partial charge in [-0.05, 0) is 73.6 Å². The average molecular weight is 418 g/mol. The first kappa shape index (κ1) is 20.3. The summed E-state index contributed by atoms with van der Waals surface area (Å²) in [4.78, 5) is 26.3. The summed E-state index contributed by atoms with van der Waals surface area (Å²) in [6.45, 7) is 4.32. The molecule has 28 heavy (non-hydrogen) atoms. The smallest absolute Gasteiger partial charge is 0.293 e. The third-order valence-corrected chi connectivity index (χ3v) is 4.98. The molecule has 0 radical (unpaired) electrons. The first-order valence-electron chi connectivity index (χ1n) is 8.83. The average Bonchev–Trinajstić information content (AvgIpc) is 2.92. The van der Waals surface area contributed by atoms with Crippen LogP contribution in [0.1, 0.15) is 19.4 Å². The summed E-state index contributed by atoms with van der Waals surface area (Å²) in [5.41, 5.74) is 0.832. The molecule has 0 aliphatic carbocycles. The third kappa shape index (κ3) is 5.30. The topological polar surface area (TPSA) is 55.8 Å². The number of hydrogen-bond donors (Lipinski definition) is 0. The van der Waals surface area contributed by atoms with Crippen LogP contribution in [0.2, 0.25) is 5.02 Å². The van der Waals surface area contributed by atoms with Crippen LogP contribution in [0.4, 0.5) is 4.79 Å². The number of ether oxygens (including phenoxy) is 2. The Labute approximate surface area is 173 Å². The highest BCUT2D eigenvalue weighted by Gasteiger charge is 2.34. The Morgan fingerprint density at radius 2 is 1.68 bits per heavy atom. The van der Waals surface area contributed by atoms with Crippen LogP contribution in [0.25, 0.3) is 6.08 Å². The van der Waals surface area contributed by atoms with Crippen LogP contribution in [0.15, 0.2) is 53.4 Å². The second kappa shape index (κ2) is 9.17. The summed E-state index contributed by atoms with van der Waals surface area (Å²) in [5, 5.41) is 0.322. The van der Waals surface area contributed by atoms with Crippen molar-refractivity contribution in [3.63, 3.8) is 0 Å². The lowest BCUT2D eigenvalue weighted by molar-refractivity contribution is -0.123. The molecule has 1 aliphatic rings. The Balaban J connectivity index is 1.59. The molecule has 3 rings (SSSR count). The summed E-state index contributed by atoms with van der Waals surface area (Å²) in [7, 11) is 0. The van der Waals surface area contributed by atoms with Crippen molar-refractivity contribution in [3.8, 4) is 11.5 Å². The van der Waals surface area contributed by atoms with Gasteiger partial charge in [0, 0.05) is 5.02 Å². The lowest BCUT2D eigenvalue weighted by Gasteiger charge is -2.13. The maximum absolute atomic E-state index is 12.5. The van der Waals surface area contributed by atoms with Crippen molar-refractivity contribution in [2.45, 2.75) is 20.0 Å². The van der Waals surface area contributed by atoms with Gasteiger partial charge in [0.05, 0.1) is 17.6 Å². The van der Waals surface area contributed by atoms with E-state index < -0.39 is 0 Å². The lowest BCUT2D eigenvalue weighted by Crippen LogP contribution is -2.32. The molecule has 1 aliphatic heterocycles. The van der Waals surface area contributed by atoms with Gasteiger partial charge in [-0.25, -0.2) is 0 Å². The molecule has 0 atom stereocenters. The molecule has 0 saturated carbocycles. The molecule has 0 bridgehead atoms. The van der Waals surface area contributed by atoms with Crippen molar-refractivity contribution in [3.05, 3.63) is 64.0 Å². The van der Waals surface area contributed by atoms with Crippen LogP contribution < -0.4 is 9.47 Å². The first-order valence-corrected chi connectivity index (χ1v) is 10.0. The minimum absolute atomic E-state index is 0.0949. The number of hydrogen-bond acceptors (Lipinski definition) is 5. The fraction of sp³-hybridized carbons (Fsp3) is 0.238. The van der Waals surface area contributed by atoms with Crippen LogP contribution in [-0.2, 0) is 4.79 Å². The summed E-state index contributed by atoms with van der Waals surface area (Å²) >= 11 is 6.77. The molecule has 0 N–H and O–H groups in total. The molecular formula is C21H20ClNO4S. The zero-order valence-corrected chi connectivity index (χ0v) is 17.1. The number of thioether (sulfide) groups is 1. The Morgan fingerprint density at radius 1 is 1.04 bits per heavy atom. The van der Waals surface area contributed by atoms with Gasteiger partial charge in [-0.2, -0.15) is 0 Å². The predicted molar refractivity (Wildman–Crippen MR) is 112 cm³/mol. The highest BCUT2D eigenvalue weighted by molar-refractivity contribution is 8.18. The highest BCUT2D eigenvalue weighted by Crippen LogP contribution is 2.32. The Bertz CT molecular complexity index is 878. The van der Waals surface area contributed by atoms with E-state index in [0.717, 1.165) is 23.1 Å². The number of nitrogens with zero attached hydrogens (tertiary/aromatic N) is 1. The van der Waals surface area contributed by atoms with Gasteiger partial charge in [-0.3, -0.25) is 14.5 Å². The maximum Gasteiger partial charge on any atom is 0.293 e. The molecular weight excluding hydrogens is 398 g/mol. The number of benzene rings is 2. The molecule has 0 aromatic heterocycles. The predicted octanol–water partition coefficient (Wildman–Crippen LogP) is 5.24. The zero-order chi connectivity index (χ0) is 20.1. The van der Waals surface area contributed by atoms with Gasteiger partial charge >= 0.3 is 0 Å². The lowest BCUT2D eigenvalue weighted by atomic mass is 10.2.